The number of imidazole rings is 1. The summed E-state index contributed by atoms with van der Waals surface area (Å²) in [4.78, 5) is 17.1. The molecule has 1 aromatic heterocycles. The van der Waals surface area contributed by atoms with Gasteiger partial charge in [0.25, 0.3) is 5.91 Å². The van der Waals surface area contributed by atoms with Gasteiger partial charge in [-0.3, -0.25) is 9.36 Å². The van der Waals surface area contributed by atoms with E-state index in [1.54, 1.807) is 0 Å². The Morgan fingerprint density at radius 1 is 1.29 bits per heavy atom. The van der Waals surface area contributed by atoms with E-state index in [1.165, 1.54) is 0 Å². The summed E-state index contributed by atoms with van der Waals surface area (Å²) < 4.78 is 13.2. The van der Waals surface area contributed by atoms with Crippen molar-refractivity contribution in [1.82, 2.24) is 14.9 Å². The molecule has 0 spiro atoms. The number of aromatic nitrogens is 2. The van der Waals surface area contributed by atoms with Crippen LogP contribution in [-0.2, 0) is 4.74 Å². The molecule has 1 saturated heterocycles. The van der Waals surface area contributed by atoms with E-state index in [-0.39, 0.29) is 12.0 Å². The highest BCUT2D eigenvalue weighted by Crippen LogP contribution is 2.24. The molecule has 28 heavy (non-hydrogen) atoms. The molecule has 0 saturated carbocycles. The highest BCUT2D eigenvalue weighted by molar-refractivity contribution is 5.97. The first-order valence-electron chi connectivity index (χ1n) is 9.78. The van der Waals surface area contributed by atoms with Crippen molar-refractivity contribution < 1.29 is 14.3 Å². The van der Waals surface area contributed by atoms with Crippen LogP contribution in [0.1, 0.15) is 35.9 Å². The number of fused-ring (bicyclic) bond motifs is 1. The summed E-state index contributed by atoms with van der Waals surface area (Å²) in [5, 5.41) is 2.96. The van der Waals surface area contributed by atoms with Gasteiger partial charge in [-0.25, -0.2) is 4.98 Å². The van der Waals surface area contributed by atoms with Crippen LogP contribution in [0.2, 0.25) is 0 Å². The van der Waals surface area contributed by atoms with Crippen molar-refractivity contribution in [2.75, 3.05) is 19.8 Å². The third-order valence-corrected chi connectivity index (χ3v) is 5.00. The predicted molar refractivity (Wildman–Crippen MR) is 108 cm³/mol. The van der Waals surface area contributed by atoms with E-state index in [0.29, 0.717) is 18.7 Å². The lowest BCUT2D eigenvalue weighted by molar-refractivity contribution is 0.0858. The highest BCUT2D eigenvalue weighted by atomic mass is 16.5. The van der Waals surface area contributed by atoms with Gasteiger partial charge in [-0.05, 0) is 69.2 Å². The Balaban J connectivity index is 1.56. The SMILES string of the molecule is CCOc1ccc(-n2c(C)nc3cc(C(=O)NC[C@@H]4CCCO4)ccc32)cc1. The number of benzene rings is 2. The third kappa shape index (κ3) is 3.73. The second-order valence-electron chi connectivity index (χ2n) is 6.97. The Bertz CT molecular complexity index is 973. The van der Waals surface area contributed by atoms with Crippen LogP contribution in [-0.4, -0.2) is 41.3 Å². The molecule has 1 aliphatic rings. The molecule has 1 fully saturated rings. The average molecular weight is 379 g/mol. The van der Waals surface area contributed by atoms with Gasteiger partial charge < -0.3 is 14.8 Å². The molecule has 4 rings (SSSR count). The Morgan fingerprint density at radius 3 is 2.82 bits per heavy atom. The minimum absolute atomic E-state index is 0.0920. The van der Waals surface area contributed by atoms with Gasteiger partial charge in [-0.2, -0.15) is 0 Å². The van der Waals surface area contributed by atoms with Crippen LogP contribution in [0.25, 0.3) is 16.7 Å². The number of nitrogens with zero attached hydrogens (tertiary/aromatic N) is 2. The summed E-state index contributed by atoms with van der Waals surface area (Å²) in [6.45, 7) is 5.92. The van der Waals surface area contributed by atoms with Gasteiger partial charge in [-0.15, -0.1) is 0 Å². The maximum absolute atomic E-state index is 12.5. The summed E-state index contributed by atoms with van der Waals surface area (Å²) in [5.74, 6) is 1.63. The smallest absolute Gasteiger partial charge is 0.251 e. The predicted octanol–water partition coefficient (Wildman–Crippen LogP) is 3.64. The normalized spacial score (nSPS) is 16.4. The van der Waals surface area contributed by atoms with Crippen molar-refractivity contribution in [2.24, 2.45) is 0 Å². The van der Waals surface area contributed by atoms with E-state index in [4.69, 9.17) is 9.47 Å². The van der Waals surface area contributed by atoms with E-state index < -0.39 is 0 Å². The van der Waals surface area contributed by atoms with Crippen LogP contribution in [0.3, 0.4) is 0 Å². The maximum atomic E-state index is 12.5. The molecule has 3 aromatic rings. The van der Waals surface area contributed by atoms with Crippen LogP contribution < -0.4 is 10.1 Å². The first-order valence-corrected chi connectivity index (χ1v) is 9.78. The summed E-state index contributed by atoms with van der Waals surface area (Å²) in [5.41, 5.74) is 3.40. The lowest BCUT2D eigenvalue weighted by atomic mass is 10.1. The van der Waals surface area contributed by atoms with E-state index in [9.17, 15) is 4.79 Å². The minimum atomic E-state index is -0.0920. The van der Waals surface area contributed by atoms with Crippen molar-refractivity contribution in [3.63, 3.8) is 0 Å². The fourth-order valence-electron chi connectivity index (χ4n) is 3.64. The molecule has 0 radical (unpaired) electrons. The number of hydrogen-bond acceptors (Lipinski definition) is 4. The lowest BCUT2D eigenvalue weighted by Gasteiger charge is -2.11. The Hall–Kier alpha value is -2.86. The van der Waals surface area contributed by atoms with Gasteiger partial charge in [0.15, 0.2) is 0 Å². The molecule has 1 N–H and O–H groups in total. The van der Waals surface area contributed by atoms with Crippen molar-refractivity contribution in [3.8, 4) is 11.4 Å². The monoisotopic (exact) mass is 379 g/mol. The zero-order valence-corrected chi connectivity index (χ0v) is 16.3. The molecule has 1 aliphatic heterocycles. The molecule has 1 amide bonds. The quantitative estimate of drug-likeness (QED) is 0.710. The van der Waals surface area contributed by atoms with Gasteiger partial charge >= 0.3 is 0 Å². The number of carbonyl (C=O) groups excluding carboxylic acids is 1. The number of hydrogen-bond donors (Lipinski definition) is 1. The van der Waals surface area contributed by atoms with Crippen molar-refractivity contribution in [2.45, 2.75) is 32.8 Å². The second-order valence-corrected chi connectivity index (χ2v) is 6.97. The average Bonchev–Trinajstić information content (AvgIpc) is 3.33. The van der Waals surface area contributed by atoms with Gasteiger partial charge in [-0.1, -0.05) is 0 Å². The van der Waals surface area contributed by atoms with Crippen molar-refractivity contribution in [3.05, 3.63) is 53.9 Å². The molecule has 6 nitrogen and oxygen atoms in total. The molecule has 146 valence electrons. The zero-order valence-electron chi connectivity index (χ0n) is 16.3. The number of amides is 1. The molecule has 0 unspecified atom stereocenters. The number of rotatable bonds is 6. The number of aryl methyl sites for hydroxylation is 1. The molecule has 1 atom stereocenters. The number of nitrogens with one attached hydrogen (secondary N) is 1. The summed E-state index contributed by atoms with van der Waals surface area (Å²) in [6, 6.07) is 13.6. The summed E-state index contributed by atoms with van der Waals surface area (Å²) in [7, 11) is 0. The molecular formula is C22H25N3O3. The zero-order chi connectivity index (χ0) is 19.5. The Labute approximate surface area is 164 Å². The molecule has 6 heteroatoms. The molecule has 2 heterocycles. The standard InChI is InChI=1S/C22H25N3O3/c1-3-27-18-9-7-17(8-10-18)25-15(2)24-20-13-16(6-11-21(20)25)22(26)23-14-19-5-4-12-28-19/h6-11,13,19H,3-5,12,14H2,1-2H3,(H,23,26)/t19-/m0/s1. The van der Waals surface area contributed by atoms with Gasteiger partial charge in [0, 0.05) is 24.4 Å². The van der Waals surface area contributed by atoms with E-state index in [1.807, 2.05) is 56.3 Å². The van der Waals surface area contributed by atoms with Crippen LogP contribution in [0.5, 0.6) is 5.75 Å². The molecule has 0 aliphatic carbocycles. The minimum Gasteiger partial charge on any atom is -0.494 e. The first-order chi connectivity index (χ1) is 13.7. The van der Waals surface area contributed by atoms with E-state index in [2.05, 4.69) is 14.9 Å². The maximum Gasteiger partial charge on any atom is 0.251 e. The first kappa shape index (κ1) is 18.5. The largest absolute Gasteiger partial charge is 0.494 e. The van der Waals surface area contributed by atoms with Gasteiger partial charge in [0.2, 0.25) is 0 Å². The summed E-state index contributed by atoms with van der Waals surface area (Å²) in [6.07, 6.45) is 2.20. The fourth-order valence-corrected chi connectivity index (χ4v) is 3.64. The lowest BCUT2D eigenvalue weighted by Crippen LogP contribution is -2.31. The molecule has 0 bridgehead atoms. The van der Waals surface area contributed by atoms with Crippen LogP contribution >= 0.6 is 0 Å². The number of ether oxygens (including phenoxy) is 2. The van der Waals surface area contributed by atoms with Crippen LogP contribution in [0, 0.1) is 6.92 Å². The fraction of sp³-hybridized carbons (Fsp3) is 0.364. The van der Waals surface area contributed by atoms with E-state index in [0.717, 1.165) is 47.7 Å². The second kappa shape index (κ2) is 8.02. The Kier molecular flexibility index (Phi) is 5.30. The highest BCUT2D eigenvalue weighted by Gasteiger charge is 2.17. The van der Waals surface area contributed by atoms with Crippen LogP contribution in [0.15, 0.2) is 42.5 Å². The Morgan fingerprint density at radius 2 is 2.11 bits per heavy atom. The van der Waals surface area contributed by atoms with Crippen molar-refractivity contribution >= 4 is 16.9 Å². The van der Waals surface area contributed by atoms with Gasteiger partial charge in [0.05, 0.1) is 23.7 Å². The summed E-state index contributed by atoms with van der Waals surface area (Å²) >= 11 is 0. The van der Waals surface area contributed by atoms with E-state index >= 15 is 0 Å². The van der Waals surface area contributed by atoms with Crippen LogP contribution in [0.4, 0.5) is 0 Å². The van der Waals surface area contributed by atoms with Crippen molar-refractivity contribution in [1.29, 1.82) is 0 Å². The molecular weight excluding hydrogens is 354 g/mol. The topological polar surface area (TPSA) is 65.4 Å². The third-order valence-electron chi connectivity index (χ3n) is 5.00. The van der Waals surface area contributed by atoms with Gasteiger partial charge in [0.1, 0.15) is 11.6 Å². The number of carbonyl (C=O) groups is 1. The molecule has 2 aromatic carbocycles.